The smallest absolute Gasteiger partial charge is 0.300 e. The van der Waals surface area contributed by atoms with Crippen LogP contribution in [0.5, 0.6) is 11.5 Å². The number of hydrogen-bond donors (Lipinski definition) is 1. The maximum Gasteiger partial charge on any atom is 0.300 e. The van der Waals surface area contributed by atoms with Crippen molar-refractivity contribution in [1.29, 1.82) is 0 Å². The van der Waals surface area contributed by atoms with Crippen molar-refractivity contribution >= 4 is 11.7 Å². The fraction of sp³-hybridized carbons (Fsp3) is 0.265. The second-order valence-corrected chi connectivity index (χ2v) is 9.56. The summed E-state index contributed by atoms with van der Waals surface area (Å²) in [6.45, 7) is 5.51. The van der Waals surface area contributed by atoms with Gasteiger partial charge in [-0.15, -0.1) is 0 Å². The Morgan fingerprint density at radius 2 is 1.48 bits per heavy atom. The van der Waals surface area contributed by atoms with Gasteiger partial charge in [0.15, 0.2) is 0 Å². The van der Waals surface area contributed by atoms with E-state index in [1.54, 1.807) is 26.4 Å². The fourth-order valence-electron chi connectivity index (χ4n) is 4.49. The van der Waals surface area contributed by atoms with Gasteiger partial charge in [-0.05, 0) is 90.9 Å². The van der Waals surface area contributed by atoms with Crippen LogP contribution in [0.2, 0.25) is 0 Å². The van der Waals surface area contributed by atoms with Crippen molar-refractivity contribution in [2.75, 3.05) is 32.2 Å². The number of benzene rings is 4. The zero-order valence-corrected chi connectivity index (χ0v) is 23.7. The van der Waals surface area contributed by atoms with Gasteiger partial charge in [0, 0.05) is 31.3 Å². The summed E-state index contributed by atoms with van der Waals surface area (Å²) >= 11 is 0. The van der Waals surface area contributed by atoms with Gasteiger partial charge < -0.3 is 19.5 Å². The number of carboxylic acids is 1. The van der Waals surface area contributed by atoms with E-state index in [1.807, 2.05) is 36.4 Å². The lowest BCUT2D eigenvalue weighted by molar-refractivity contribution is -0.134. The van der Waals surface area contributed by atoms with Gasteiger partial charge in [-0.25, -0.2) is 4.39 Å². The fourth-order valence-corrected chi connectivity index (χ4v) is 4.49. The van der Waals surface area contributed by atoms with Crippen LogP contribution in [0.3, 0.4) is 0 Å². The Kier molecular flexibility index (Phi) is 11.6. The number of hydrogen-bond acceptors (Lipinski definition) is 4. The Labute approximate surface area is 236 Å². The van der Waals surface area contributed by atoms with Crippen molar-refractivity contribution in [3.05, 3.63) is 114 Å². The highest BCUT2D eigenvalue weighted by molar-refractivity contribution is 5.67. The number of anilines is 1. The number of aryl methyl sites for hydroxylation is 1. The van der Waals surface area contributed by atoms with Crippen LogP contribution < -0.4 is 14.4 Å². The summed E-state index contributed by atoms with van der Waals surface area (Å²) in [6, 6.07) is 29.6. The van der Waals surface area contributed by atoms with E-state index < -0.39 is 5.97 Å². The van der Waals surface area contributed by atoms with Crippen molar-refractivity contribution in [3.63, 3.8) is 0 Å². The predicted octanol–water partition coefficient (Wildman–Crippen LogP) is 7.79. The lowest BCUT2D eigenvalue weighted by Crippen LogP contribution is -2.17. The topological polar surface area (TPSA) is 59.0 Å². The van der Waals surface area contributed by atoms with Crippen molar-refractivity contribution < 1.29 is 23.8 Å². The minimum absolute atomic E-state index is 0.231. The molecule has 4 aromatic rings. The van der Waals surface area contributed by atoms with E-state index in [2.05, 4.69) is 48.2 Å². The van der Waals surface area contributed by atoms with Crippen LogP contribution in [0.15, 0.2) is 91.0 Å². The van der Waals surface area contributed by atoms with Gasteiger partial charge in [-0.3, -0.25) is 4.79 Å². The Morgan fingerprint density at radius 3 is 2.02 bits per heavy atom. The molecule has 0 amide bonds. The molecular formula is C34H38FNO4. The molecule has 6 heteroatoms. The summed E-state index contributed by atoms with van der Waals surface area (Å²) < 4.78 is 24.4. The maximum absolute atomic E-state index is 14.3. The zero-order valence-electron chi connectivity index (χ0n) is 23.7. The third-order valence-electron chi connectivity index (χ3n) is 6.61. The van der Waals surface area contributed by atoms with E-state index >= 15 is 0 Å². The van der Waals surface area contributed by atoms with E-state index in [0.29, 0.717) is 11.3 Å². The molecule has 0 unspecified atom stereocenters. The van der Waals surface area contributed by atoms with E-state index in [4.69, 9.17) is 19.4 Å². The summed E-state index contributed by atoms with van der Waals surface area (Å²) in [7, 11) is 3.26. The van der Waals surface area contributed by atoms with Gasteiger partial charge >= 0.3 is 0 Å². The van der Waals surface area contributed by atoms with Gasteiger partial charge in [0.2, 0.25) is 0 Å². The van der Waals surface area contributed by atoms with Gasteiger partial charge in [-0.2, -0.15) is 0 Å². The van der Waals surface area contributed by atoms with Crippen LogP contribution in [0.25, 0.3) is 11.1 Å². The lowest BCUT2D eigenvalue weighted by Gasteiger charge is -2.18. The Balaban J connectivity index is 0.000000306. The highest BCUT2D eigenvalue weighted by atomic mass is 19.1. The third-order valence-corrected chi connectivity index (χ3v) is 6.61. The highest BCUT2D eigenvalue weighted by Gasteiger charge is 2.12. The average Bonchev–Trinajstić information content (AvgIpc) is 3.51. The molecule has 5 rings (SSSR count). The summed E-state index contributed by atoms with van der Waals surface area (Å²) in [5.74, 6) is 0.508. The molecular weight excluding hydrogens is 505 g/mol. The molecule has 0 radical (unpaired) electrons. The van der Waals surface area contributed by atoms with E-state index in [9.17, 15) is 4.39 Å². The first-order chi connectivity index (χ1) is 19.3. The molecule has 210 valence electrons. The van der Waals surface area contributed by atoms with Gasteiger partial charge in [0.25, 0.3) is 5.97 Å². The molecule has 1 N–H and O–H groups in total. The molecule has 0 spiro atoms. The molecule has 1 fully saturated rings. The molecule has 40 heavy (non-hydrogen) atoms. The standard InChI is InChI=1S/C25H26FNO.C7H8O.C2H4O2/c1-18-15-21(24-17-23(28-2)11-12-25(24)26)8-7-20(18)16-19-5-9-22(10-6-19)27-13-3-4-14-27;1-8-7-5-3-2-4-6-7;1-2(3)4/h5-12,15,17H,3-4,13-14,16H2,1-2H3;2-6H,1H3;1H3,(H,3,4). The number of nitrogens with zero attached hydrogens (tertiary/aromatic N) is 1. The lowest BCUT2D eigenvalue weighted by atomic mass is 9.95. The number of para-hydroxylation sites is 1. The van der Waals surface area contributed by atoms with Crippen LogP contribution in [0, 0.1) is 12.7 Å². The monoisotopic (exact) mass is 543 g/mol. The highest BCUT2D eigenvalue weighted by Crippen LogP contribution is 2.29. The molecule has 0 aliphatic carbocycles. The molecule has 1 aliphatic rings. The summed E-state index contributed by atoms with van der Waals surface area (Å²) in [5.41, 5.74) is 6.50. The SMILES string of the molecule is CC(=O)O.COc1ccc(F)c(-c2ccc(Cc3ccc(N4CCCC4)cc3)c(C)c2)c1.COc1ccccc1. The maximum atomic E-state index is 14.3. The molecule has 4 aromatic carbocycles. The molecule has 1 aliphatic heterocycles. The normalized spacial score (nSPS) is 12.0. The van der Waals surface area contributed by atoms with Gasteiger partial charge in [-0.1, -0.05) is 48.5 Å². The van der Waals surface area contributed by atoms with Crippen LogP contribution in [0.4, 0.5) is 10.1 Å². The molecule has 0 bridgehead atoms. The minimum Gasteiger partial charge on any atom is -0.497 e. The van der Waals surface area contributed by atoms with E-state index in [-0.39, 0.29) is 5.82 Å². The van der Waals surface area contributed by atoms with Crippen LogP contribution in [0.1, 0.15) is 36.5 Å². The Bertz CT molecular complexity index is 1350. The first-order valence-corrected chi connectivity index (χ1v) is 13.4. The second-order valence-electron chi connectivity index (χ2n) is 9.56. The van der Waals surface area contributed by atoms with Crippen molar-refractivity contribution in [3.8, 4) is 22.6 Å². The number of halogens is 1. The minimum atomic E-state index is -0.833. The van der Waals surface area contributed by atoms with Crippen molar-refractivity contribution in [1.82, 2.24) is 0 Å². The Morgan fingerprint density at radius 1 is 0.850 bits per heavy atom. The predicted molar refractivity (Wildman–Crippen MR) is 160 cm³/mol. The quantitative estimate of drug-likeness (QED) is 0.269. The number of aliphatic carboxylic acids is 1. The van der Waals surface area contributed by atoms with Crippen LogP contribution in [-0.2, 0) is 11.2 Å². The second kappa shape index (κ2) is 15.3. The average molecular weight is 544 g/mol. The molecule has 5 nitrogen and oxygen atoms in total. The van der Waals surface area contributed by atoms with E-state index in [1.165, 1.54) is 54.4 Å². The first kappa shape index (κ1) is 30.2. The molecule has 0 saturated carbocycles. The van der Waals surface area contributed by atoms with Crippen molar-refractivity contribution in [2.24, 2.45) is 0 Å². The number of ether oxygens (including phenoxy) is 2. The Hall–Kier alpha value is -4.32. The third kappa shape index (κ3) is 9.16. The van der Waals surface area contributed by atoms with Crippen LogP contribution >= 0.6 is 0 Å². The zero-order chi connectivity index (χ0) is 28.9. The largest absolute Gasteiger partial charge is 0.497 e. The number of methoxy groups -OCH3 is 2. The van der Waals surface area contributed by atoms with E-state index in [0.717, 1.165) is 24.7 Å². The molecule has 1 saturated heterocycles. The number of carboxylic acid groups (broad SMARTS) is 1. The molecule has 0 atom stereocenters. The van der Waals surface area contributed by atoms with Crippen LogP contribution in [-0.4, -0.2) is 38.4 Å². The number of rotatable bonds is 6. The van der Waals surface area contributed by atoms with Gasteiger partial charge in [0.05, 0.1) is 14.2 Å². The van der Waals surface area contributed by atoms with Gasteiger partial charge in [0.1, 0.15) is 17.3 Å². The summed E-state index contributed by atoms with van der Waals surface area (Å²) in [4.78, 5) is 11.5. The number of carbonyl (C=O) groups is 1. The summed E-state index contributed by atoms with van der Waals surface area (Å²) in [5, 5.41) is 7.42. The first-order valence-electron chi connectivity index (χ1n) is 13.4. The van der Waals surface area contributed by atoms with Crippen molar-refractivity contribution in [2.45, 2.75) is 33.1 Å². The molecule has 0 aromatic heterocycles. The summed E-state index contributed by atoms with van der Waals surface area (Å²) in [6.07, 6.45) is 3.47. The molecule has 1 heterocycles.